The summed E-state index contributed by atoms with van der Waals surface area (Å²) < 4.78 is 5.21. The van der Waals surface area contributed by atoms with Crippen LogP contribution in [0.2, 0.25) is 0 Å². The van der Waals surface area contributed by atoms with Crippen molar-refractivity contribution in [3.63, 3.8) is 0 Å². The van der Waals surface area contributed by atoms with Crippen molar-refractivity contribution >= 4 is 17.0 Å². The topological polar surface area (TPSA) is 150 Å². The zero-order chi connectivity index (χ0) is 13.6. The third-order valence-electron chi connectivity index (χ3n) is 3.12. The van der Waals surface area contributed by atoms with Gasteiger partial charge in [-0.2, -0.15) is 0 Å². The first-order valence-electron chi connectivity index (χ1n) is 5.70. The highest BCUT2D eigenvalue weighted by Crippen LogP contribution is 2.36. The van der Waals surface area contributed by atoms with Crippen molar-refractivity contribution < 1.29 is 20.1 Å². The molecule has 0 bridgehead atoms. The zero-order valence-electron chi connectivity index (χ0n) is 9.82. The Morgan fingerprint density at radius 1 is 1.53 bits per heavy atom. The summed E-state index contributed by atoms with van der Waals surface area (Å²) in [7, 11) is 0. The molecule has 102 valence electrons. The highest BCUT2D eigenvalue weighted by molar-refractivity contribution is 5.80. The van der Waals surface area contributed by atoms with Crippen LogP contribution in [0.1, 0.15) is 12.2 Å². The van der Waals surface area contributed by atoms with Crippen LogP contribution in [-0.4, -0.2) is 54.1 Å². The maximum atomic E-state index is 10.4. The second-order valence-corrected chi connectivity index (χ2v) is 4.40. The second-order valence-electron chi connectivity index (χ2n) is 4.40. The third kappa shape index (κ3) is 1.75. The van der Waals surface area contributed by atoms with Gasteiger partial charge in [0.1, 0.15) is 11.6 Å². The number of ether oxygens (including phenoxy) is 1. The van der Waals surface area contributed by atoms with Crippen LogP contribution in [0.5, 0.6) is 0 Å². The maximum absolute atomic E-state index is 10.4. The van der Waals surface area contributed by atoms with Crippen molar-refractivity contribution in [1.29, 1.82) is 0 Å². The third-order valence-corrected chi connectivity index (χ3v) is 3.12. The van der Waals surface area contributed by atoms with E-state index < -0.39 is 18.0 Å². The minimum absolute atomic E-state index is 0.0782. The minimum atomic E-state index is -2.09. The molecular weight excluding hydrogens is 254 g/mol. The van der Waals surface area contributed by atoms with E-state index >= 15 is 0 Å². The van der Waals surface area contributed by atoms with Gasteiger partial charge in [-0.15, -0.1) is 0 Å². The van der Waals surface area contributed by atoms with Gasteiger partial charge in [-0.3, -0.25) is 0 Å². The van der Waals surface area contributed by atoms with Crippen LogP contribution in [0.25, 0.3) is 11.2 Å². The summed E-state index contributed by atoms with van der Waals surface area (Å²) in [5, 5.41) is 29.3. The summed E-state index contributed by atoms with van der Waals surface area (Å²) in [4.78, 5) is 14.6. The van der Waals surface area contributed by atoms with Gasteiger partial charge in [-0.25, -0.2) is 15.0 Å². The van der Waals surface area contributed by atoms with Crippen LogP contribution < -0.4 is 5.73 Å². The van der Waals surface area contributed by atoms with Crippen LogP contribution in [0.15, 0.2) is 6.33 Å². The molecule has 19 heavy (non-hydrogen) atoms. The Hall–Kier alpha value is -1.81. The predicted octanol–water partition coefficient (Wildman–Crippen LogP) is -1.78. The van der Waals surface area contributed by atoms with E-state index in [-0.39, 0.29) is 30.3 Å². The van der Waals surface area contributed by atoms with Gasteiger partial charge < -0.3 is 30.8 Å². The van der Waals surface area contributed by atoms with Crippen LogP contribution in [0, 0.1) is 0 Å². The average Bonchev–Trinajstić information content (AvgIpc) is 2.96. The summed E-state index contributed by atoms with van der Waals surface area (Å²) in [6, 6.07) is 0. The number of aliphatic hydroxyl groups is 3. The largest absolute Gasteiger partial charge is 0.394 e. The number of hydrogen-bond donors (Lipinski definition) is 5. The summed E-state index contributed by atoms with van der Waals surface area (Å²) in [6.45, 7) is -0.320. The molecule has 2 aromatic heterocycles. The van der Waals surface area contributed by atoms with E-state index in [9.17, 15) is 10.2 Å². The number of aliphatic hydroxyl groups excluding tert-OH is 2. The summed E-state index contributed by atoms with van der Waals surface area (Å²) in [5.41, 5.74) is 6.43. The van der Waals surface area contributed by atoms with E-state index in [4.69, 9.17) is 15.6 Å². The lowest BCUT2D eigenvalue weighted by Crippen LogP contribution is -2.38. The van der Waals surface area contributed by atoms with Gasteiger partial charge >= 0.3 is 0 Å². The lowest BCUT2D eigenvalue weighted by atomic mass is 10.1. The molecule has 0 saturated carbocycles. The molecule has 1 fully saturated rings. The second kappa shape index (κ2) is 4.10. The molecule has 1 aliphatic rings. The lowest BCUT2D eigenvalue weighted by molar-refractivity contribution is -0.244. The zero-order valence-corrected chi connectivity index (χ0v) is 9.82. The first-order chi connectivity index (χ1) is 9.04. The fourth-order valence-corrected chi connectivity index (χ4v) is 2.12. The fraction of sp³-hybridized carbons (Fsp3) is 0.500. The molecule has 0 spiro atoms. The average molecular weight is 267 g/mol. The smallest absolute Gasteiger partial charge is 0.255 e. The van der Waals surface area contributed by atoms with Gasteiger partial charge in [0.15, 0.2) is 17.3 Å². The van der Waals surface area contributed by atoms with Gasteiger partial charge in [0.05, 0.1) is 19.0 Å². The monoisotopic (exact) mass is 267 g/mol. The van der Waals surface area contributed by atoms with Gasteiger partial charge in [-0.1, -0.05) is 0 Å². The standard InChI is InChI=1S/C10H13N5O4/c11-7-6-8(13-3-12-6)15-9(14-7)10(18)5(17)1-4(2-16)19-10/h3-5,16-18H,1-2H2,(H3,11,12,13,14,15)/t4-,5+,10+/m0/s1. The number of hydrogen-bond acceptors (Lipinski definition) is 8. The molecule has 9 nitrogen and oxygen atoms in total. The van der Waals surface area contributed by atoms with Crippen molar-refractivity contribution in [2.75, 3.05) is 12.3 Å². The van der Waals surface area contributed by atoms with Crippen molar-refractivity contribution in [2.45, 2.75) is 24.4 Å². The Kier molecular flexibility index (Phi) is 2.64. The normalized spacial score (nSPS) is 31.1. The van der Waals surface area contributed by atoms with E-state index in [0.29, 0.717) is 5.52 Å². The first-order valence-corrected chi connectivity index (χ1v) is 5.70. The molecule has 1 saturated heterocycles. The molecular formula is C10H13N5O4. The highest BCUT2D eigenvalue weighted by atomic mass is 16.7. The minimum Gasteiger partial charge on any atom is -0.394 e. The number of rotatable bonds is 2. The lowest BCUT2D eigenvalue weighted by Gasteiger charge is -2.24. The Morgan fingerprint density at radius 2 is 2.32 bits per heavy atom. The van der Waals surface area contributed by atoms with Crippen LogP contribution >= 0.6 is 0 Å². The van der Waals surface area contributed by atoms with E-state index in [1.54, 1.807) is 0 Å². The maximum Gasteiger partial charge on any atom is 0.255 e. The van der Waals surface area contributed by atoms with Crippen LogP contribution in [-0.2, 0) is 10.5 Å². The number of aromatic amines is 1. The molecule has 0 aliphatic carbocycles. The molecule has 0 unspecified atom stereocenters. The number of anilines is 1. The van der Waals surface area contributed by atoms with E-state index in [1.165, 1.54) is 6.33 Å². The molecule has 3 heterocycles. The summed E-state index contributed by atoms with van der Waals surface area (Å²) >= 11 is 0. The molecule has 2 aromatic rings. The Bertz CT molecular complexity index is 617. The van der Waals surface area contributed by atoms with Gasteiger partial charge in [0, 0.05) is 6.42 Å². The van der Waals surface area contributed by atoms with Crippen molar-refractivity contribution in [3.8, 4) is 0 Å². The molecule has 0 aromatic carbocycles. The fourth-order valence-electron chi connectivity index (χ4n) is 2.12. The van der Waals surface area contributed by atoms with Gasteiger partial charge in [0.2, 0.25) is 0 Å². The Balaban J connectivity index is 2.08. The molecule has 1 aliphatic heterocycles. The SMILES string of the molecule is Nc1nc([C@]2(O)O[C@H](CO)C[C@H]2O)nc2nc[nH]c12. The molecule has 6 N–H and O–H groups in total. The number of nitrogens with two attached hydrogens (primary N) is 1. The predicted molar refractivity (Wildman–Crippen MR) is 62.6 cm³/mol. The molecule has 3 rings (SSSR count). The molecule has 3 atom stereocenters. The Labute approximate surface area is 107 Å². The molecule has 0 radical (unpaired) electrons. The number of nitrogens with zero attached hydrogens (tertiary/aromatic N) is 3. The summed E-state index contributed by atoms with van der Waals surface area (Å²) in [6.07, 6.45) is -0.457. The molecule has 0 amide bonds. The highest BCUT2D eigenvalue weighted by Gasteiger charge is 2.50. The van der Waals surface area contributed by atoms with Gasteiger partial charge in [0.25, 0.3) is 5.79 Å². The first kappa shape index (κ1) is 12.2. The number of nitrogens with one attached hydrogen (secondary N) is 1. The Morgan fingerprint density at radius 3 is 3.00 bits per heavy atom. The number of aromatic nitrogens is 4. The van der Waals surface area contributed by atoms with Crippen LogP contribution in [0.3, 0.4) is 0 Å². The van der Waals surface area contributed by atoms with Crippen molar-refractivity contribution in [1.82, 2.24) is 19.9 Å². The number of fused-ring (bicyclic) bond motifs is 1. The van der Waals surface area contributed by atoms with E-state index in [0.717, 1.165) is 0 Å². The number of H-pyrrole nitrogens is 1. The quantitative estimate of drug-likeness (QED) is 0.428. The van der Waals surface area contributed by atoms with Crippen molar-refractivity contribution in [3.05, 3.63) is 12.2 Å². The van der Waals surface area contributed by atoms with E-state index in [1.807, 2.05) is 0 Å². The number of imidazole rings is 1. The molecule has 9 heteroatoms. The van der Waals surface area contributed by atoms with Crippen molar-refractivity contribution in [2.24, 2.45) is 0 Å². The number of nitrogen functional groups attached to an aromatic ring is 1. The van der Waals surface area contributed by atoms with Crippen LogP contribution in [0.4, 0.5) is 5.82 Å². The van der Waals surface area contributed by atoms with Gasteiger partial charge in [-0.05, 0) is 0 Å². The van der Waals surface area contributed by atoms with E-state index in [2.05, 4.69) is 19.9 Å². The summed E-state index contributed by atoms with van der Waals surface area (Å²) in [5.74, 6) is -2.17.